The normalized spacial score (nSPS) is 21.1. The van der Waals surface area contributed by atoms with E-state index in [0.717, 1.165) is 6.26 Å². The maximum Gasteiger partial charge on any atom is 0.264 e. The number of rotatable bonds is 4. The molecule has 0 radical (unpaired) electrons. The van der Waals surface area contributed by atoms with E-state index in [1.807, 2.05) is 0 Å². The van der Waals surface area contributed by atoms with E-state index in [9.17, 15) is 17.2 Å². The summed E-state index contributed by atoms with van der Waals surface area (Å²) in [5.41, 5.74) is 0. The molecule has 0 aromatic heterocycles. The smallest absolute Gasteiger partial charge is 0.264 e. The molecule has 1 rings (SSSR count). The van der Waals surface area contributed by atoms with Crippen molar-refractivity contribution in [3.05, 3.63) is 0 Å². The molecular formula is C8H15F2NO3S. The van der Waals surface area contributed by atoms with Gasteiger partial charge in [0, 0.05) is 13.1 Å². The first-order valence-electron chi connectivity index (χ1n) is 4.75. The van der Waals surface area contributed by atoms with E-state index in [0.29, 0.717) is 25.9 Å². The first kappa shape index (κ1) is 12.8. The fourth-order valence-electron chi connectivity index (χ4n) is 1.63. The van der Waals surface area contributed by atoms with Crippen molar-refractivity contribution >= 4 is 10.1 Å². The summed E-state index contributed by atoms with van der Waals surface area (Å²) in [6, 6.07) is 0. The highest BCUT2D eigenvalue weighted by molar-refractivity contribution is 7.86. The topological polar surface area (TPSA) is 46.6 Å². The summed E-state index contributed by atoms with van der Waals surface area (Å²) in [5, 5.41) is 0. The highest BCUT2D eigenvalue weighted by Crippen LogP contribution is 2.16. The maximum atomic E-state index is 12.0. The molecule has 15 heavy (non-hydrogen) atoms. The second kappa shape index (κ2) is 5.18. The molecule has 0 N–H and O–H groups in total. The van der Waals surface area contributed by atoms with Crippen molar-refractivity contribution in [1.29, 1.82) is 0 Å². The van der Waals surface area contributed by atoms with Crippen LogP contribution in [0.25, 0.3) is 0 Å². The predicted molar refractivity (Wildman–Crippen MR) is 51.4 cm³/mol. The van der Waals surface area contributed by atoms with Crippen molar-refractivity contribution in [3.63, 3.8) is 0 Å². The highest BCUT2D eigenvalue weighted by Gasteiger charge is 2.24. The van der Waals surface area contributed by atoms with Crippen LogP contribution in [-0.2, 0) is 14.3 Å². The monoisotopic (exact) mass is 243 g/mol. The van der Waals surface area contributed by atoms with Gasteiger partial charge in [-0.05, 0) is 12.8 Å². The minimum atomic E-state index is -3.43. The van der Waals surface area contributed by atoms with Crippen LogP contribution in [0.4, 0.5) is 8.78 Å². The van der Waals surface area contributed by atoms with E-state index < -0.39 is 16.5 Å². The van der Waals surface area contributed by atoms with E-state index >= 15 is 0 Å². The first-order chi connectivity index (χ1) is 6.87. The second-order valence-corrected chi connectivity index (χ2v) is 5.29. The number of likely N-dealkylation sites (tertiary alicyclic amines) is 1. The van der Waals surface area contributed by atoms with Crippen LogP contribution < -0.4 is 0 Å². The number of alkyl halides is 2. The molecule has 0 atom stereocenters. The molecule has 0 spiro atoms. The number of piperidine rings is 1. The van der Waals surface area contributed by atoms with Gasteiger partial charge in [-0.15, -0.1) is 0 Å². The Bertz CT molecular complexity index is 286. The van der Waals surface area contributed by atoms with Gasteiger partial charge in [0.25, 0.3) is 16.5 Å². The maximum absolute atomic E-state index is 12.0. The van der Waals surface area contributed by atoms with Gasteiger partial charge in [0.05, 0.1) is 18.9 Å². The molecule has 0 saturated carbocycles. The predicted octanol–water partition coefficient (Wildman–Crippen LogP) is 0.692. The molecule has 0 amide bonds. The van der Waals surface area contributed by atoms with Crippen molar-refractivity contribution in [1.82, 2.24) is 4.90 Å². The Morgan fingerprint density at radius 1 is 1.40 bits per heavy atom. The van der Waals surface area contributed by atoms with Crippen LogP contribution >= 0.6 is 0 Å². The largest absolute Gasteiger partial charge is 0.298 e. The average Bonchev–Trinajstić information content (AvgIpc) is 2.05. The van der Waals surface area contributed by atoms with Crippen molar-refractivity contribution in [2.24, 2.45) is 0 Å². The quantitative estimate of drug-likeness (QED) is 0.682. The summed E-state index contributed by atoms with van der Waals surface area (Å²) >= 11 is 0. The zero-order chi connectivity index (χ0) is 11.5. The molecular weight excluding hydrogens is 228 g/mol. The van der Waals surface area contributed by atoms with Crippen molar-refractivity contribution in [3.8, 4) is 0 Å². The number of hydrogen-bond donors (Lipinski definition) is 0. The lowest BCUT2D eigenvalue weighted by Gasteiger charge is -2.30. The summed E-state index contributed by atoms with van der Waals surface area (Å²) in [6.45, 7) is 0.681. The van der Waals surface area contributed by atoms with Crippen LogP contribution in [0.3, 0.4) is 0 Å². The fourth-order valence-corrected chi connectivity index (χ4v) is 2.32. The van der Waals surface area contributed by atoms with Crippen LogP contribution in [0.2, 0.25) is 0 Å². The summed E-state index contributed by atoms with van der Waals surface area (Å²) in [5.74, 6) is 0. The van der Waals surface area contributed by atoms with E-state index in [2.05, 4.69) is 0 Å². The van der Waals surface area contributed by atoms with Gasteiger partial charge in [0.15, 0.2) is 0 Å². The van der Waals surface area contributed by atoms with Gasteiger partial charge in [-0.3, -0.25) is 9.08 Å². The standard InChI is InChI=1S/C8H15F2NO3S/c1-15(12,13)14-7-2-4-11(5-3-7)6-8(9)10/h7-8H,2-6H2,1H3. The van der Waals surface area contributed by atoms with Gasteiger partial charge in [0.1, 0.15) is 0 Å². The molecule has 90 valence electrons. The van der Waals surface area contributed by atoms with E-state index in [1.54, 1.807) is 4.90 Å². The fraction of sp³-hybridized carbons (Fsp3) is 1.00. The van der Waals surface area contributed by atoms with Crippen LogP contribution in [0, 0.1) is 0 Å². The molecule has 0 aliphatic carbocycles. The summed E-state index contributed by atoms with van der Waals surface area (Å²) in [7, 11) is -3.43. The average molecular weight is 243 g/mol. The second-order valence-electron chi connectivity index (χ2n) is 3.69. The van der Waals surface area contributed by atoms with Gasteiger partial charge < -0.3 is 0 Å². The Labute approximate surface area is 88.3 Å². The molecule has 1 fully saturated rings. The van der Waals surface area contributed by atoms with Crippen LogP contribution in [0.15, 0.2) is 0 Å². The zero-order valence-corrected chi connectivity index (χ0v) is 9.34. The van der Waals surface area contributed by atoms with E-state index in [4.69, 9.17) is 4.18 Å². The highest BCUT2D eigenvalue weighted by atomic mass is 32.2. The lowest BCUT2D eigenvalue weighted by molar-refractivity contribution is 0.0499. The van der Waals surface area contributed by atoms with Crippen molar-refractivity contribution in [2.45, 2.75) is 25.4 Å². The first-order valence-corrected chi connectivity index (χ1v) is 6.57. The minimum absolute atomic E-state index is 0.244. The summed E-state index contributed by atoms with van der Waals surface area (Å²) < 4.78 is 50.4. The molecule has 0 unspecified atom stereocenters. The molecule has 1 aliphatic heterocycles. The third-order valence-corrected chi connectivity index (χ3v) is 2.86. The third kappa shape index (κ3) is 5.39. The molecule has 1 aliphatic rings. The number of halogens is 2. The number of nitrogens with zero attached hydrogens (tertiary/aromatic N) is 1. The lowest BCUT2D eigenvalue weighted by Crippen LogP contribution is -2.40. The van der Waals surface area contributed by atoms with Crippen LogP contribution in [-0.4, -0.2) is 51.7 Å². The molecule has 1 heterocycles. The van der Waals surface area contributed by atoms with Crippen molar-refractivity contribution in [2.75, 3.05) is 25.9 Å². The molecule has 0 aromatic carbocycles. The molecule has 0 bridgehead atoms. The molecule has 7 heteroatoms. The van der Waals surface area contributed by atoms with Gasteiger partial charge in [-0.25, -0.2) is 8.78 Å². The van der Waals surface area contributed by atoms with Gasteiger partial charge in [-0.2, -0.15) is 8.42 Å². The third-order valence-electron chi connectivity index (χ3n) is 2.24. The van der Waals surface area contributed by atoms with Gasteiger partial charge >= 0.3 is 0 Å². The van der Waals surface area contributed by atoms with Gasteiger partial charge in [-0.1, -0.05) is 0 Å². The minimum Gasteiger partial charge on any atom is -0.298 e. The SMILES string of the molecule is CS(=O)(=O)OC1CCN(CC(F)F)CC1. The van der Waals surface area contributed by atoms with Crippen LogP contribution in [0.1, 0.15) is 12.8 Å². The van der Waals surface area contributed by atoms with Gasteiger partial charge in [0.2, 0.25) is 0 Å². The Balaban J connectivity index is 2.30. The zero-order valence-electron chi connectivity index (χ0n) is 8.53. The Kier molecular flexibility index (Phi) is 4.42. The van der Waals surface area contributed by atoms with E-state index in [1.165, 1.54) is 0 Å². The summed E-state index contributed by atoms with van der Waals surface area (Å²) in [6.07, 6.45) is -0.718. The molecule has 0 aromatic rings. The Morgan fingerprint density at radius 3 is 2.33 bits per heavy atom. The molecule has 1 saturated heterocycles. The lowest BCUT2D eigenvalue weighted by atomic mass is 10.1. The van der Waals surface area contributed by atoms with Crippen LogP contribution in [0.5, 0.6) is 0 Å². The molecule has 4 nitrogen and oxygen atoms in total. The van der Waals surface area contributed by atoms with E-state index in [-0.39, 0.29) is 12.6 Å². The van der Waals surface area contributed by atoms with Crippen molar-refractivity contribution < 1.29 is 21.4 Å². The number of hydrogen-bond acceptors (Lipinski definition) is 4. The Hall–Kier alpha value is -0.270. The summed E-state index contributed by atoms with van der Waals surface area (Å²) in [4.78, 5) is 1.62. The Morgan fingerprint density at radius 2 is 1.93 bits per heavy atom.